The van der Waals surface area contributed by atoms with Crippen LogP contribution in [0.25, 0.3) is 0 Å². The fourth-order valence-corrected chi connectivity index (χ4v) is 1.46. The summed E-state index contributed by atoms with van der Waals surface area (Å²) in [6.45, 7) is 4.07. The average Bonchev–Trinajstić information content (AvgIpc) is 2.45. The summed E-state index contributed by atoms with van der Waals surface area (Å²) < 4.78 is 4.80. The predicted octanol–water partition coefficient (Wildman–Crippen LogP) is 0.936. The fourth-order valence-electron chi connectivity index (χ4n) is 1.46. The van der Waals surface area contributed by atoms with Gasteiger partial charge in [-0.25, -0.2) is 0 Å². The van der Waals surface area contributed by atoms with Crippen LogP contribution in [0.4, 0.5) is 5.69 Å². The lowest BCUT2D eigenvalue weighted by Crippen LogP contribution is -2.39. The highest BCUT2D eigenvalue weighted by Gasteiger charge is 2.13. The first-order chi connectivity index (χ1) is 9.58. The molecule has 1 atom stereocenters. The van der Waals surface area contributed by atoms with Gasteiger partial charge in [-0.15, -0.1) is 19.0 Å². The van der Waals surface area contributed by atoms with Crippen molar-refractivity contribution in [2.45, 2.75) is 6.04 Å². The van der Waals surface area contributed by atoms with Crippen LogP contribution >= 0.6 is 12.4 Å². The van der Waals surface area contributed by atoms with Gasteiger partial charge in [0.25, 0.3) is 5.91 Å². The Hall–Kier alpha value is -1.89. The highest BCUT2D eigenvalue weighted by Crippen LogP contribution is 2.09. The van der Waals surface area contributed by atoms with Crippen molar-refractivity contribution in [2.24, 2.45) is 5.73 Å². The minimum atomic E-state index is -0.726. The Bertz CT molecular complexity index is 477. The van der Waals surface area contributed by atoms with Crippen molar-refractivity contribution in [2.75, 3.05) is 25.6 Å². The molecule has 1 aromatic carbocycles. The van der Waals surface area contributed by atoms with E-state index in [9.17, 15) is 9.59 Å². The van der Waals surface area contributed by atoms with Crippen molar-refractivity contribution in [3.63, 3.8) is 0 Å². The predicted molar refractivity (Wildman–Crippen MR) is 84.7 cm³/mol. The van der Waals surface area contributed by atoms with Crippen molar-refractivity contribution in [3.05, 3.63) is 42.5 Å². The molecule has 1 aromatic rings. The summed E-state index contributed by atoms with van der Waals surface area (Å²) in [7, 11) is 1.48. The number of nitrogens with two attached hydrogens (primary N) is 1. The number of ether oxygens (including phenoxy) is 1. The molecule has 7 heteroatoms. The molecule has 0 aliphatic carbocycles. The molecular formula is C14H20ClN3O3. The normalized spacial score (nSPS) is 11.0. The second-order valence-electron chi connectivity index (χ2n) is 4.13. The van der Waals surface area contributed by atoms with E-state index in [-0.39, 0.29) is 30.8 Å². The number of nitrogens with one attached hydrogen (secondary N) is 2. The first kappa shape index (κ1) is 19.1. The molecule has 0 fully saturated rings. The van der Waals surface area contributed by atoms with E-state index < -0.39 is 6.04 Å². The number of hydrogen-bond donors (Lipinski definition) is 3. The van der Waals surface area contributed by atoms with Gasteiger partial charge in [0.05, 0.1) is 6.61 Å². The summed E-state index contributed by atoms with van der Waals surface area (Å²) in [5.41, 5.74) is 6.67. The molecule has 0 aliphatic heterocycles. The van der Waals surface area contributed by atoms with Crippen LogP contribution in [-0.2, 0) is 9.53 Å². The van der Waals surface area contributed by atoms with Gasteiger partial charge in [-0.05, 0) is 24.3 Å². The summed E-state index contributed by atoms with van der Waals surface area (Å²) in [6.07, 6.45) is 1.60. The van der Waals surface area contributed by atoms with Gasteiger partial charge >= 0.3 is 0 Å². The van der Waals surface area contributed by atoms with Crippen LogP contribution < -0.4 is 16.4 Å². The zero-order chi connectivity index (χ0) is 15.0. The Morgan fingerprint density at radius 2 is 2.00 bits per heavy atom. The minimum Gasteiger partial charge on any atom is -0.383 e. The maximum atomic E-state index is 11.7. The van der Waals surface area contributed by atoms with Crippen molar-refractivity contribution in [1.29, 1.82) is 0 Å². The lowest BCUT2D eigenvalue weighted by molar-refractivity contribution is -0.118. The Balaban J connectivity index is 0.00000400. The zero-order valence-electron chi connectivity index (χ0n) is 11.8. The molecule has 6 nitrogen and oxygen atoms in total. The molecule has 0 heterocycles. The van der Waals surface area contributed by atoms with Crippen LogP contribution in [0.5, 0.6) is 0 Å². The Morgan fingerprint density at radius 3 is 2.52 bits per heavy atom. The van der Waals surface area contributed by atoms with Crippen LogP contribution in [0.1, 0.15) is 10.4 Å². The van der Waals surface area contributed by atoms with E-state index in [0.29, 0.717) is 17.8 Å². The number of benzene rings is 1. The van der Waals surface area contributed by atoms with Gasteiger partial charge in [-0.3, -0.25) is 9.59 Å². The second kappa shape index (κ2) is 9.93. The van der Waals surface area contributed by atoms with E-state index in [1.54, 1.807) is 30.3 Å². The molecule has 4 N–H and O–H groups in total. The third-order valence-corrected chi connectivity index (χ3v) is 2.50. The molecule has 0 spiro atoms. The van der Waals surface area contributed by atoms with Crippen molar-refractivity contribution in [1.82, 2.24) is 5.32 Å². The van der Waals surface area contributed by atoms with Gasteiger partial charge in [0.2, 0.25) is 5.91 Å². The number of hydrogen-bond acceptors (Lipinski definition) is 4. The lowest BCUT2D eigenvalue weighted by Gasteiger charge is -2.11. The molecule has 0 bridgehead atoms. The van der Waals surface area contributed by atoms with Crippen molar-refractivity contribution >= 4 is 29.9 Å². The van der Waals surface area contributed by atoms with Gasteiger partial charge in [0, 0.05) is 24.9 Å². The molecule has 0 saturated heterocycles. The Morgan fingerprint density at radius 1 is 1.38 bits per heavy atom. The summed E-state index contributed by atoms with van der Waals surface area (Å²) in [4.78, 5) is 23.3. The maximum absolute atomic E-state index is 11.7. The van der Waals surface area contributed by atoms with Crippen LogP contribution in [-0.4, -0.2) is 38.1 Å². The highest BCUT2D eigenvalue weighted by atomic mass is 35.5. The van der Waals surface area contributed by atoms with E-state index >= 15 is 0 Å². The van der Waals surface area contributed by atoms with Gasteiger partial charge in [-0.1, -0.05) is 6.08 Å². The maximum Gasteiger partial charge on any atom is 0.251 e. The summed E-state index contributed by atoms with van der Waals surface area (Å²) in [5, 5.41) is 5.31. The number of anilines is 1. The zero-order valence-corrected chi connectivity index (χ0v) is 12.6. The van der Waals surface area contributed by atoms with Gasteiger partial charge in [-0.2, -0.15) is 0 Å². The average molecular weight is 314 g/mol. The number of methoxy groups -OCH3 is 1. The smallest absolute Gasteiger partial charge is 0.251 e. The molecule has 0 radical (unpaired) electrons. The van der Waals surface area contributed by atoms with Crippen LogP contribution in [0.15, 0.2) is 36.9 Å². The lowest BCUT2D eigenvalue weighted by atomic mass is 10.2. The van der Waals surface area contributed by atoms with Gasteiger partial charge in [0.15, 0.2) is 0 Å². The van der Waals surface area contributed by atoms with Gasteiger partial charge in [0.1, 0.15) is 6.04 Å². The molecule has 0 saturated carbocycles. The molecule has 0 aliphatic rings. The second-order valence-corrected chi connectivity index (χ2v) is 4.13. The van der Waals surface area contributed by atoms with Crippen LogP contribution in [0.3, 0.4) is 0 Å². The molecule has 21 heavy (non-hydrogen) atoms. The SMILES string of the molecule is C=CCNC(=O)c1ccc(NC(=O)C(N)COC)cc1.Cl. The summed E-state index contributed by atoms with van der Waals surface area (Å²) in [5.74, 6) is -0.533. The third-order valence-electron chi connectivity index (χ3n) is 2.50. The topological polar surface area (TPSA) is 93.5 Å². The van der Waals surface area contributed by atoms with Crippen molar-refractivity contribution < 1.29 is 14.3 Å². The molecule has 2 amide bonds. The van der Waals surface area contributed by atoms with E-state index in [1.807, 2.05) is 0 Å². The summed E-state index contributed by atoms with van der Waals surface area (Å²) >= 11 is 0. The first-order valence-electron chi connectivity index (χ1n) is 6.13. The quantitative estimate of drug-likeness (QED) is 0.653. The minimum absolute atomic E-state index is 0. The Kier molecular flexibility index (Phi) is 9.03. The molecule has 0 aromatic heterocycles. The Labute approximate surface area is 130 Å². The number of halogens is 1. The molecule has 1 unspecified atom stereocenters. The third kappa shape index (κ3) is 6.40. The van der Waals surface area contributed by atoms with Gasteiger partial charge < -0.3 is 21.1 Å². The van der Waals surface area contributed by atoms with Crippen LogP contribution in [0.2, 0.25) is 0 Å². The molecule has 116 valence electrons. The first-order valence-corrected chi connectivity index (χ1v) is 6.13. The molecule has 1 rings (SSSR count). The van der Waals surface area contributed by atoms with Crippen LogP contribution in [0, 0.1) is 0 Å². The number of carbonyl (C=O) groups excluding carboxylic acids is 2. The fraction of sp³-hybridized carbons (Fsp3) is 0.286. The number of rotatable bonds is 7. The highest BCUT2D eigenvalue weighted by molar-refractivity contribution is 5.97. The largest absolute Gasteiger partial charge is 0.383 e. The standard InChI is InChI=1S/C14H19N3O3.ClH/c1-3-8-16-13(18)10-4-6-11(7-5-10)17-14(19)12(15)9-20-2;/h3-7,12H,1,8-9,15H2,2H3,(H,16,18)(H,17,19);1H. The number of carbonyl (C=O) groups is 2. The monoisotopic (exact) mass is 313 g/mol. The summed E-state index contributed by atoms with van der Waals surface area (Å²) in [6, 6.07) is 5.79. The molecular weight excluding hydrogens is 294 g/mol. The van der Waals surface area contributed by atoms with E-state index in [2.05, 4.69) is 17.2 Å². The number of amides is 2. The van der Waals surface area contributed by atoms with E-state index in [0.717, 1.165) is 0 Å². The van der Waals surface area contributed by atoms with Crippen molar-refractivity contribution in [3.8, 4) is 0 Å². The van der Waals surface area contributed by atoms with E-state index in [4.69, 9.17) is 10.5 Å². The van der Waals surface area contributed by atoms with E-state index in [1.165, 1.54) is 7.11 Å².